The van der Waals surface area contributed by atoms with E-state index in [-0.39, 0.29) is 30.5 Å². The molecule has 1 unspecified atom stereocenters. The number of likely N-dealkylation sites (tertiary alicyclic amines) is 1. The number of aromatic nitrogens is 1. The first-order chi connectivity index (χ1) is 15.0. The topological polar surface area (TPSA) is 53.5 Å². The fraction of sp³-hybridized carbons (Fsp3) is 0.375. The molecule has 2 saturated heterocycles. The van der Waals surface area contributed by atoms with Crippen LogP contribution in [0.3, 0.4) is 0 Å². The van der Waals surface area contributed by atoms with Crippen molar-refractivity contribution >= 4 is 39.1 Å². The number of thiazole rings is 1. The highest BCUT2D eigenvalue weighted by Crippen LogP contribution is 2.35. The molecule has 5 nitrogen and oxygen atoms in total. The van der Waals surface area contributed by atoms with Crippen LogP contribution < -0.4 is 4.90 Å². The molecule has 0 N–H and O–H groups in total. The Morgan fingerprint density at radius 1 is 1.16 bits per heavy atom. The normalized spacial score (nSPS) is 20.1. The summed E-state index contributed by atoms with van der Waals surface area (Å²) in [6.45, 7) is 3.39. The number of carbonyl (C=O) groups excluding carboxylic acids is 2. The number of carbonyl (C=O) groups is 2. The molecule has 0 saturated carbocycles. The minimum atomic E-state index is -0.418. The van der Waals surface area contributed by atoms with Crippen molar-refractivity contribution in [3.63, 3.8) is 0 Å². The van der Waals surface area contributed by atoms with Crippen LogP contribution in [0.1, 0.15) is 35.8 Å². The van der Waals surface area contributed by atoms with Crippen molar-refractivity contribution in [1.82, 2.24) is 9.88 Å². The summed E-state index contributed by atoms with van der Waals surface area (Å²) < 4.78 is 15.5. The summed E-state index contributed by atoms with van der Waals surface area (Å²) in [4.78, 5) is 33.7. The largest absolute Gasteiger partial charge is 0.342 e. The van der Waals surface area contributed by atoms with Crippen LogP contribution in [0.5, 0.6) is 0 Å². The van der Waals surface area contributed by atoms with E-state index in [1.54, 1.807) is 23.5 Å². The van der Waals surface area contributed by atoms with E-state index in [1.807, 2.05) is 30.0 Å². The number of benzene rings is 2. The number of hydrogen-bond acceptors (Lipinski definition) is 4. The molecule has 1 atom stereocenters. The zero-order valence-electron chi connectivity index (χ0n) is 17.4. The summed E-state index contributed by atoms with van der Waals surface area (Å²) in [7, 11) is 0. The van der Waals surface area contributed by atoms with Crippen molar-refractivity contribution in [3.8, 4) is 0 Å². The number of aryl methyl sites for hydroxylation is 1. The van der Waals surface area contributed by atoms with E-state index in [9.17, 15) is 14.0 Å². The summed E-state index contributed by atoms with van der Waals surface area (Å²) >= 11 is 1.74. The molecule has 2 fully saturated rings. The molecule has 7 heteroatoms. The van der Waals surface area contributed by atoms with Gasteiger partial charge in [0.1, 0.15) is 5.82 Å². The van der Waals surface area contributed by atoms with E-state index < -0.39 is 11.7 Å². The fourth-order valence-electron chi connectivity index (χ4n) is 4.61. The highest BCUT2D eigenvalue weighted by atomic mass is 32.1. The Bertz CT molecular complexity index is 1120. The smallest absolute Gasteiger partial charge is 0.228 e. The van der Waals surface area contributed by atoms with Crippen molar-refractivity contribution in [2.24, 2.45) is 5.92 Å². The number of fused-ring (bicyclic) bond motifs is 1. The van der Waals surface area contributed by atoms with Gasteiger partial charge in [0.2, 0.25) is 11.8 Å². The number of amides is 2. The average Bonchev–Trinajstić information content (AvgIpc) is 3.37. The first-order valence-electron chi connectivity index (χ1n) is 10.7. The number of hydrogen-bond donors (Lipinski definition) is 0. The summed E-state index contributed by atoms with van der Waals surface area (Å²) in [6, 6.07) is 13.0. The molecule has 3 aromatic rings. The van der Waals surface area contributed by atoms with Crippen LogP contribution in [-0.2, 0) is 9.59 Å². The van der Waals surface area contributed by atoms with Gasteiger partial charge in [-0.05, 0) is 49.6 Å². The summed E-state index contributed by atoms with van der Waals surface area (Å²) in [5, 5.41) is 1.14. The molecule has 2 amide bonds. The van der Waals surface area contributed by atoms with E-state index in [0.717, 1.165) is 28.9 Å². The lowest BCUT2D eigenvalue weighted by molar-refractivity contribution is -0.136. The lowest BCUT2D eigenvalue weighted by Gasteiger charge is -2.32. The molecule has 1 aromatic heterocycles. The van der Waals surface area contributed by atoms with Crippen LogP contribution in [0.15, 0.2) is 42.5 Å². The number of anilines is 1. The molecule has 3 heterocycles. The Kier molecular flexibility index (Phi) is 5.22. The molecule has 0 radical (unpaired) electrons. The third-order valence-corrected chi connectivity index (χ3v) is 7.53. The van der Waals surface area contributed by atoms with Crippen LogP contribution >= 0.6 is 11.3 Å². The maximum atomic E-state index is 14.3. The average molecular weight is 438 g/mol. The third-order valence-electron chi connectivity index (χ3n) is 6.33. The molecule has 2 aromatic carbocycles. The quantitative estimate of drug-likeness (QED) is 0.606. The van der Waals surface area contributed by atoms with Gasteiger partial charge in [0, 0.05) is 32.0 Å². The Morgan fingerprint density at radius 2 is 1.94 bits per heavy atom. The van der Waals surface area contributed by atoms with Crippen LogP contribution in [0, 0.1) is 18.7 Å². The molecule has 5 rings (SSSR count). The van der Waals surface area contributed by atoms with E-state index in [4.69, 9.17) is 4.98 Å². The van der Waals surface area contributed by atoms with Gasteiger partial charge in [0.25, 0.3) is 0 Å². The van der Waals surface area contributed by atoms with Gasteiger partial charge in [0.05, 0.1) is 26.8 Å². The van der Waals surface area contributed by atoms with Crippen LogP contribution in [0.2, 0.25) is 0 Å². The van der Waals surface area contributed by atoms with Gasteiger partial charge >= 0.3 is 0 Å². The van der Waals surface area contributed by atoms with Gasteiger partial charge in [-0.1, -0.05) is 18.2 Å². The standard InChI is InChI=1S/C24H24FN3O2S/c1-15-6-7-20(18(25)12-15)28-14-17(13-22(28)29)24(30)27-10-8-16(9-11-27)23-26-19-4-2-3-5-21(19)31-23/h2-7,12,16-17H,8-11,13-14H2,1H3. The van der Waals surface area contributed by atoms with Crippen molar-refractivity contribution in [3.05, 3.63) is 58.9 Å². The minimum Gasteiger partial charge on any atom is -0.342 e. The maximum Gasteiger partial charge on any atom is 0.228 e. The SMILES string of the molecule is Cc1ccc(N2CC(C(=O)N3CCC(c4nc5ccccc5s4)CC3)CC2=O)c(F)c1. The van der Waals surface area contributed by atoms with E-state index in [2.05, 4.69) is 6.07 Å². The van der Waals surface area contributed by atoms with Gasteiger partial charge < -0.3 is 9.80 Å². The first kappa shape index (κ1) is 20.1. The van der Waals surface area contributed by atoms with Crippen molar-refractivity contribution in [2.75, 3.05) is 24.5 Å². The fourth-order valence-corrected chi connectivity index (χ4v) is 5.74. The van der Waals surface area contributed by atoms with Crippen molar-refractivity contribution in [2.45, 2.75) is 32.1 Å². The van der Waals surface area contributed by atoms with Crippen molar-refractivity contribution < 1.29 is 14.0 Å². The monoisotopic (exact) mass is 437 g/mol. The van der Waals surface area contributed by atoms with Crippen LogP contribution in [0.4, 0.5) is 10.1 Å². The molecule has 160 valence electrons. The van der Waals surface area contributed by atoms with E-state index >= 15 is 0 Å². The molecular formula is C24H24FN3O2S. The Labute approximate surface area is 184 Å². The maximum absolute atomic E-state index is 14.3. The minimum absolute atomic E-state index is 0.00567. The molecule has 0 bridgehead atoms. The van der Waals surface area contributed by atoms with Gasteiger partial charge in [-0.15, -0.1) is 11.3 Å². The third kappa shape index (κ3) is 3.83. The van der Waals surface area contributed by atoms with Gasteiger partial charge in [-0.2, -0.15) is 0 Å². The van der Waals surface area contributed by atoms with Crippen LogP contribution in [0.25, 0.3) is 10.2 Å². The Balaban J connectivity index is 1.23. The first-order valence-corrected chi connectivity index (χ1v) is 11.5. The van der Waals surface area contributed by atoms with Gasteiger partial charge in [0.15, 0.2) is 0 Å². The molecule has 31 heavy (non-hydrogen) atoms. The molecule has 2 aliphatic rings. The number of piperidine rings is 1. The Hall–Kier alpha value is -2.80. The zero-order chi connectivity index (χ0) is 21.5. The predicted molar refractivity (Wildman–Crippen MR) is 120 cm³/mol. The van der Waals surface area contributed by atoms with E-state index in [0.29, 0.717) is 19.0 Å². The molecule has 0 aliphatic carbocycles. The summed E-state index contributed by atoms with van der Waals surface area (Å²) in [6.07, 6.45) is 1.90. The Morgan fingerprint density at radius 3 is 2.68 bits per heavy atom. The lowest BCUT2D eigenvalue weighted by atomic mass is 9.96. The lowest BCUT2D eigenvalue weighted by Crippen LogP contribution is -2.42. The van der Waals surface area contributed by atoms with Gasteiger partial charge in [-0.25, -0.2) is 9.37 Å². The van der Waals surface area contributed by atoms with E-state index in [1.165, 1.54) is 15.7 Å². The summed E-state index contributed by atoms with van der Waals surface area (Å²) in [5.74, 6) is -0.647. The number of rotatable bonds is 3. The second kappa shape index (κ2) is 8.04. The zero-order valence-corrected chi connectivity index (χ0v) is 18.2. The van der Waals surface area contributed by atoms with Gasteiger partial charge in [-0.3, -0.25) is 9.59 Å². The molecular weight excluding hydrogens is 413 g/mol. The highest BCUT2D eigenvalue weighted by molar-refractivity contribution is 7.18. The van der Waals surface area contributed by atoms with Crippen molar-refractivity contribution in [1.29, 1.82) is 0 Å². The summed E-state index contributed by atoms with van der Waals surface area (Å²) in [5.41, 5.74) is 2.10. The van der Waals surface area contributed by atoms with Crippen LogP contribution in [-0.4, -0.2) is 41.3 Å². The molecule has 0 spiro atoms. The molecule has 2 aliphatic heterocycles. The second-order valence-electron chi connectivity index (χ2n) is 8.48. The second-order valence-corrected chi connectivity index (χ2v) is 9.54. The number of para-hydroxylation sites is 1. The highest BCUT2D eigenvalue weighted by Gasteiger charge is 2.39. The predicted octanol–water partition coefficient (Wildman–Crippen LogP) is 4.50. The number of halogens is 1. The number of nitrogens with zero attached hydrogens (tertiary/aromatic N) is 3.